The van der Waals surface area contributed by atoms with Crippen LogP contribution in [0, 0.1) is 12.7 Å². The van der Waals surface area contributed by atoms with E-state index in [9.17, 15) is 4.39 Å². The van der Waals surface area contributed by atoms with Gasteiger partial charge in [0, 0.05) is 10.9 Å². The number of hydrogen-bond donors (Lipinski definition) is 1. The molecular weight excluding hydrogens is 257 g/mol. The van der Waals surface area contributed by atoms with Gasteiger partial charge in [0.1, 0.15) is 22.9 Å². The average molecular weight is 273 g/mol. The van der Waals surface area contributed by atoms with Gasteiger partial charge in [-0.15, -0.1) is 0 Å². The molecule has 20 heavy (non-hydrogen) atoms. The average Bonchev–Trinajstić information content (AvgIpc) is 3.01. The molecule has 0 saturated carbocycles. The Balaban J connectivity index is 2.07. The number of fused-ring (bicyclic) bond motifs is 1. The van der Waals surface area contributed by atoms with Crippen molar-refractivity contribution in [2.75, 3.05) is 6.54 Å². The van der Waals surface area contributed by atoms with Gasteiger partial charge in [-0.1, -0.05) is 6.92 Å². The van der Waals surface area contributed by atoms with Crippen LogP contribution in [-0.2, 0) is 0 Å². The van der Waals surface area contributed by atoms with Gasteiger partial charge in [-0.3, -0.25) is 0 Å². The second-order valence-corrected chi connectivity index (χ2v) is 4.75. The molecule has 3 rings (SSSR count). The summed E-state index contributed by atoms with van der Waals surface area (Å²) in [6.07, 6.45) is 1.66. The summed E-state index contributed by atoms with van der Waals surface area (Å²) in [5, 5.41) is 4.14. The summed E-state index contributed by atoms with van der Waals surface area (Å²) in [7, 11) is 0. The molecular formula is C16H16FNO2. The van der Waals surface area contributed by atoms with E-state index in [-0.39, 0.29) is 11.9 Å². The highest BCUT2D eigenvalue weighted by Crippen LogP contribution is 2.30. The first kappa shape index (κ1) is 12.9. The number of aryl methyl sites for hydroxylation is 1. The van der Waals surface area contributed by atoms with E-state index in [0.29, 0.717) is 5.58 Å². The zero-order chi connectivity index (χ0) is 14.1. The summed E-state index contributed by atoms with van der Waals surface area (Å²) in [6, 6.07) is 8.25. The lowest BCUT2D eigenvalue weighted by atomic mass is 10.1. The molecule has 0 saturated heterocycles. The monoisotopic (exact) mass is 273 g/mol. The number of hydrogen-bond acceptors (Lipinski definition) is 3. The van der Waals surface area contributed by atoms with Gasteiger partial charge in [0.2, 0.25) is 0 Å². The number of furan rings is 2. The molecule has 0 aliphatic carbocycles. The van der Waals surface area contributed by atoms with Crippen LogP contribution in [0.3, 0.4) is 0 Å². The summed E-state index contributed by atoms with van der Waals surface area (Å²) >= 11 is 0. The SMILES string of the molecule is CCNC(c1cc2cc(F)ccc2o1)c1ccoc1C. The number of nitrogens with one attached hydrogen (secondary N) is 1. The molecule has 0 aliphatic heterocycles. The standard InChI is InChI=1S/C16H16FNO2/c1-3-18-16(13-6-7-19-10(13)2)15-9-11-8-12(17)4-5-14(11)20-15/h4-9,16,18H,3H2,1-2H3. The molecule has 3 nitrogen and oxygen atoms in total. The van der Waals surface area contributed by atoms with Gasteiger partial charge < -0.3 is 14.2 Å². The number of rotatable bonds is 4. The first-order chi connectivity index (χ1) is 9.69. The third kappa shape index (κ3) is 2.23. The van der Waals surface area contributed by atoms with E-state index in [1.54, 1.807) is 12.3 Å². The lowest BCUT2D eigenvalue weighted by Crippen LogP contribution is -2.21. The second kappa shape index (κ2) is 5.13. The van der Waals surface area contributed by atoms with Gasteiger partial charge in [0.25, 0.3) is 0 Å². The Bertz CT molecular complexity index is 729. The Hall–Kier alpha value is -2.07. The number of halogens is 1. The van der Waals surface area contributed by atoms with Crippen LogP contribution in [0.1, 0.15) is 30.0 Å². The highest BCUT2D eigenvalue weighted by Gasteiger charge is 2.21. The van der Waals surface area contributed by atoms with E-state index < -0.39 is 0 Å². The summed E-state index contributed by atoms with van der Waals surface area (Å²) in [6.45, 7) is 4.74. The number of benzene rings is 1. The zero-order valence-electron chi connectivity index (χ0n) is 11.4. The Morgan fingerprint density at radius 3 is 2.80 bits per heavy atom. The van der Waals surface area contributed by atoms with E-state index in [2.05, 4.69) is 5.32 Å². The normalized spacial score (nSPS) is 12.9. The van der Waals surface area contributed by atoms with Gasteiger partial charge >= 0.3 is 0 Å². The highest BCUT2D eigenvalue weighted by atomic mass is 19.1. The van der Waals surface area contributed by atoms with E-state index in [4.69, 9.17) is 8.83 Å². The molecule has 1 N–H and O–H groups in total. The van der Waals surface area contributed by atoms with Crippen LogP contribution in [0.4, 0.5) is 4.39 Å². The largest absolute Gasteiger partial charge is 0.469 e. The van der Waals surface area contributed by atoms with Crippen LogP contribution in [0.2, 0.25) is 0 Å². The molecule has 1 atom stereocenters. The third-order valence-electron chi connectivity index (χ3n) is 3.40. The summed E-state index contributed by atoms with van der Waals surface area (Å²) in [5.74, 6) is 1.35. The van der Waals surface area contributed by atoms with E-state index in [1.807, 2.05) is 26.0 Å². The Morgan fingerprint density at radius 2 is 2.10 bits per heavy atom. The Labute approximate surface area is 116 Å². The van der Waals surface area contributed by atoms with Crippen LogP contribution in [0.15, 0.2) is 45.4 Å². The first-order valence-corrected chi connectivity index (χ1v) is 6.65. The molecule has 4 heteroatoms. The zero-order valence-corrected chi connectivity index (χ0v) is 11.4. The smallest absolute Gasteiger partial charge is 0.134 e. The van der Waals surface area contributed by atoms with Crippen LogP contribution in [0.25, 0.3) is 11.0 Å². The van der Waals surface area contributed by atoms with Crippen LogP contribution >= 0.6 is 0 Å². The molecule has 2 aromatic heterocycles. The highest BCUT2D eigenvalue weighted by molar-refractivity contribution is 5.78. The van der Waals surface area contributed by atoms with Crippen molar-refractivity contribution in [1.82, 2.24) is 5.32 Å². The van der Waals surface area contributed by atoms with Crippen molar-refractivity contribution >= 4 is 11.0 Å². The molecule has 1 unspecified atom stereocenters. The van der Waals surface area contributed by atoms with E-state index >= 15 is 0 Å². The van der Waals surface area contributed by atoms with Crippen molar-refractivity contribution in [3.8, 4) is 0 Å². The molecule has 0 spiro atoms. The summed E-state index contributed by atoms with van der Waals surface area (Å²) in [5.41, 5.74) is 1.72. The second-order valence-electron chi connectivity index (χ2n) is 4.75. The van der Waals surface area contributed by atoms with Gasteiger partial charge in [-0.05, 0) is 43.8 Å². The maximum absolute atomic E-state index is 13.3. The Kier molecular flexibility index (Phi) is 3.32. The molecule has 0 amide bonds. The molecule has 104 valence electrons. The van der Waals surface area contributed by atoms with Crippen molar-refractivity contribution in [2.24, 2.45) is 0 Å². The van der Waals surface area contributed by atoms with Crippen molar-refractivity contribution < 1.29 is 13.2 Å². The van der Waals surface area contributed by atoms with Gasteiger partial charge in [-0.25, -0.2) is 4.39 Å². The lowest BCUT2D eigenvalue weighted by Gasteiger charge is -2.14. The minimum atomic E-state index is -0.260. The van der Waals surface area contributed by atoms with E-state index in [0.717, 1.165) is 29.0 Å². The maximum atomic E-state index is 13.3. The van der Waals surface area contributed by atoms with Crippen molar-refractivity contribution in [3.05, 3.63) is 59.5 Å². The lowest BCUT2D eigenvalue weighted by molar-refractivity contribution is 0.465. The third-order valence-corrected chi connectivity index (χ3v) is 3.40. The van der Waals surface area contributed by atoms with Crippen molar-refractivity contribution in [3.63, 3.8) is 0 Å². The fourth-order valence-electron chi connectivity index (χ4n) is 2.44. The van der Waals surface area contributed by atoms with Crippen LogP contribution in [0.5, 0.6) is 0 Å². The fraction of sp³-hybridized carbons (Fsp3) is 0.250. The fourth-order valence-corrected chi connectivity index (χ4v) is 2.44. The Morgan fingerprint density at radius 1 is 1.25 bits per heavy atom. The van der Waals surface area contributed by atoms with Crippen LogP contribution < -0.4 is 5.32 Å². The van der Waals surface area contributed by atoms with Gasteiger partial charge in [-0.2, -0.15) is 0 Å². The minimum absolute atomic E-state index is 0.0887. The van der Waals surface area contributed by atoms with Crippen molar-refractivity contribution in [2.45, 2.75) is 19.9 Å². The quantitative estimate of drug-likeness (QED) is 0.775. The predicted molar refractivity (Wildman–Crippen MR) is 75.1 cm³/mol. The molecule has 0 radical (unpaired) electrons. The molecule has 0 fully saturated rings. The summed E-state index contributed by atoms with van der Waals surface area (Å²) in [4.78, 5) is 0. The maximum Gasteiger partial charge on any atom is 0.134 e. The predicted octanol–water partition coefficient (Wildman–Crippen LogP) is 4.17. The van der Waals surface area contributed by atoms with E-state index in [1.165, 1.54) is 12.1 Å². The molecule has 3 aromatic rings. The minimum Gasteiger partial charge on any atom is -0.469 e. The topological polar surface area (TPSA) is 38.3 Å². The summed E-state index contributed by atoms with van der Waals surface area (Å²) < 4.78 is 24.5. The van der Waals surface area contributed by atoms with Gasteiger partial charge in [0.15, 0.2) is 0 Å². The molecule has 0 bridgehead atoms. The van der Waals surface area contributed by atoms with Gasteiger partial charge in [0.05, 0.1) is 12.3 Å². The molecule has 1 aromatic carbocycles. The first-order valence-electron chi connectivity index (χ1n) is 6.65. The molecule has 2 heterocycles. The molecule has 0 aliphatic rings. The van der Waals surface area contributed by atoms with Crippen molar-refractivity contribution in [1.29, 1.82) is 0 Å². The van der Waals surface area contributed by atoms with Crippen LogP contribution in [-0.4, -0.2) is 6.54 Å².